The first-order chi connectivity index (χ1) is 6.15. The summed E-state index contributed by atoms with van der Waals surface area (Å²) < 4.78 is 0. The summed E-state index contributed by atoms with van der Waals surface area (Å²) in [7, 11) is 0. The van der Waals surface area contributed by atoms with Crippen LogP contribution in [0.1, 0.15) is 27.9 Å². The molecule has 0 aromatic heterocycles. The second-order valence-electron chi connectivity index (χ2n) is 3.09. The Bertz CT molecular complexity index is 340. The van der Waals surface area contributed by atoms with E-state index in [1.54, 1.807) is 6.07 Å². The highest BCUT2D eigenvalue weighted by atomic mass is 16.1. The van der Waals surface area contributed by atoms with Crippen LogP contribution in [-0.2, 0) is 4.79 Å². The molecule has 0 atom stereocenters. The standard InChI is InChI=1S/C11H12O2/c1-8-3-4-10(7-9(8)2)11(13)5-6-12/h3-4,6-7H,5H2,1-2H3. The highest BCUT2D eigenvalue weighted by Gasteiger charge is 2.05. The van der Waals surface area contributed by atoms with Crippen molar-refractivity contribution < 1.29 is 9.59 Å². The van der Waals surface area contributed by atoms with E-state index >= 15 is 0 Å². The predicted octanol–water partition coefficient (Wildman–Crippen LogP) is 2.08. The Morgan fingerprint density at radius 2 is 2.00 bits per heavy atom. The molecule has 1 aromatic rings. The summed E-state index contributed by atoms with van der Waals surface area (Å²) in [6.45, 7) is 3.94. The Balaban J connectivity index is 2.96. The topological polar surface area (TPSA) is 34.1 Å². The number of rotatable bonds is 3. The lowest BCUT2D eigenvalue weighted by Gasteiger charge is -2.01. The van der Waals surface area contributed by atoms with Crippen molar-refractivity contribution in [1.82, 2.24) is 0 Å². The lowest BCUT2D eigenvalue weighted by molar-refractivity contribution is -0.107. The van der Waals surface area contributed by atoms with Crippen LogP contribution in [0.4, 0.5) is 0 Å². The average molecular weight is 176 g/mol. The van der Waals surface area contributed by atoms with Gasteiger partial charge in [-0.25, -0.2) is 0 Å². The smallest absolute Gasteiger partial charge is 0.169 e. The summed E-state index contributed by atoms with van der Waals surface area (Å²) in [5.41, 5.74) is 2.86. The molecule has 2 nitrogen and oxygen atoms in total. The van der Waals surface area contributed by atoms with Gasteiger partial charge in [-0.05, 0) is 31.0 Å². The number of benzene rings is 1. The third-order valence-electron chi connectivity index (χ3n) is 2.10. The Hall–Kier alpha value is -1.44. The van der Waals surface area contributed by atoms with Crippen molar-refractivity contribution in [2.24, 2.45) is 0 Å². The third-order valence-corrected chi connectivity index (χ3v) is 2.10. The fourth-order valence-electron chi connectivity index (χ4n) is 1.11. The number of ketones is 1. The zero-order chi connectivity index (χ0) is 9.84. The number of aldehydes is 1. The van der Waals surface area contributed by atoms with Gasteiger partial charge in [-0.15, -0.1) is 0 Å². The largest absolute Gasteiger partial charge is 0.303 e. The molecule has 0 heterocycles. The van der Waals surface area contributed by atoms with E-state index < -0.39 is 0 Å². The highest BCUT2D eigenvalue weighted by Crippen LogP contribution is 2.10. The molecule has 0 saturated carbocycles. The van der Waals surface area contributed by atoms with Crippen LogP contribution in [-0.4, -0.2) is 12.1 Å². The van der Waals surface area contributed by atoms with E-state index in [0.29, 0.717) is 11.8 Å². The fraction of sp³-hybridized carbons (Fsp3) is 0.273. The van der Waals surface area contributed by atoms with Crippen molar-refractivity contribution in [2.75, 3.05) is 0 Å². The van der Waals surface area contributed by atoms with Crippen molar-refractivity contribution in [1.29, 1.82) is 0 Å². The molecule has 2 heteroatoms. The first kappa shape index (κ1) is 9.65. The molecule has 1 aromatic carbocycles. The van der Waals surface area contributed by atoms with Crippen LogP contribution in [0.5, 0.6) is 0 Å². The van der Waals surface area contributed by atoms with E-state index in [2.05, 4.69) is 0 Å². The van der Waals surface area contributed by atoms with Crippen molar-refractivity contribution in [3.63, 3.8) is 0 Å². The monoisotopic (exact) mass is 176 g/mol. The fourth-order valence-corrected chi connectivity index (χ4v) is 1.11. The van der Waals surface area contributed by atoms with Crippen molar-refractivity contribution in [2.45, 2.75) is 20.3 Å². The maximum atomic E-state index is 11.3. The Morgan fingerprint density at radius 3 is 2.54 bits per heavy atom. The van der Waals surface area contributed by atoms with Gasteiger partial charge in [-0.2, -0.15) is 0 Å². The van der Waals surface area contributed by atoms with Gasteiger partial charge < -0.3 is 4.79 Å². The van der Waals surface area contributed by atoms with Crippen LogP contribution in [0, 0.1) is 13.8 Å². The molecule has 0 aliphatic rings. The Labute approximate surface area is 77.6 Å². The first-order valence-corrected chi connectivity index (χ1v) is 4.19. The van der Waals surface area contributed by atoms with E-state index in [-0.39, 0.29) is 12.2 Å². The predicted molar refractivity (Wildman–Crippen MR) is 50.9 cm³/mol. The molecular formula is C11H12O2. The lowest BCUT2D eigenvalue weighted by atomic mass is 10.0. The van der Waals surface area contributed by atoms with Gasteiger partial charge in [0.05, 0.1) is 6.42 Å². The minimum atomic E-state index is -0.113. The Kier molecular flexibility index (Phi) is 2.96. The number of hydrogen-bond acceptors (Lipinski definition) is 2. The molecule has 0 N–H and O–H groups in total. The molecule has 1 rings (SSSR count). The molecule has 0 spiro atoms. The molecule has 0 fully saturated rings. The normalized spacial score (nSPS) is 9.69. The SMILES string of the molecule is Cc1ccc(C(=O)CC=O)cc1C. The molecule has 0 aliphatic heterocycles. The average Bonchev–Trinajstić information content (AvgIpc) is 2.10. The van der Waals surface area contributed by atoms with Gasteiger partial charge in [0.1, 0.15) is 6.29 Å². The number of carbonyl (C=O) groups is 2. The van der Waals surface area contributed by atoms with Crippen molar-refractivity contribution in [3.05, 3.63) is 34.9 Å². The third kappa shape index (κ3) is 2.25. The van der Waals surface area contributed by atoms with Crippen LogP contribution in [0.25, 0.3) is 0 Å². The molecule has 68 valence electrons. The summed E-state index contributed by atoms with van der Waals surface area (Å²) in [4.78, 5) is 21.4. The van der Waals surface area contributed by atoms with Crippen LogP contribution in [0.3, 0.4) is 0 Å². The van der Waals surface area contributed by atoms with Crippen molar-refractivity contribution in [3.8, 4) is 0 Å². The molecular weight excluding hydrogens is 164 g/mol. The second kappa shape index (κ2) is 3.99. The van der Waals surface area contributed by atoms with Gasteiger partial charge in [0.2, 0.25) is 0 Å². The lowest BCUT2D eigenvalue weighted by Crippen LogP contribution is -2.00. The summed E-state index contributed by atoms with van der Waals surface area (Å²) >= 11 is 0. The Morgan fingerprint density at radius 1 is 1.31 bits per heavy atom. The number of hydrogen-bond donors (Lipinski definition) is 0. The zero-order valence-corrected chi connectivity index (χ0v) is 7.83. The van der Waals surface area contributed by atoms with Gasteiger partial charge in [0.25, 0.3) is 0 Å². The maximum absolute atomic E-state index is 11.3. The second-order valence-corrected chi connectivity index (χ2v) is 3.09. The van der Waals surface area contributed by atoms with E-state index in [9.17, 15) is 9.59 Å². The molecule has 0 saturated heterocycles. The first-order valence-electron chi connectivity index (χ1n) is 4.19. The van der Waals surface area contributed by atoms with Gasteiger partial charge in [0, 0.05) is 5.56 Å². The number of Topliss-reactive ketones (excluding diaryl/α,β-unsaturated/α-hetero) is 1. The van der Waals surface area contributed by atoms with Gasteiger partial charge >= 0.3 is 0 Å². The van der Waals surface area contributed by atoms with Crippen molar-refractivity contribution >= 4 is 12.1 Å². The molecule has 0 unspecified atom stereocenters. The molecule has 0 aliphatic carbocycles. The van der Waals surface area contributed by atoms with Crippen LogP contribution >= 0.6 is 0 Å². The zero-order valence-electron chi connectivity index (χ0n) is 7.83. The summed E-state index contributed by atoms with van der Waals surface area (Å²) in [6, 6.07) is 5.47. The van der Waals surface area contributed by atoms with Crippen LogP contribution in [0.2, 0.25) is 0 Å². The highest BCUT2D eigenvalue weighted by molar-refractivity contribution is 6.02. The van der Waals surface area contributed by atoms with Gasteiger partial charge in [-0.3, -0.25) is 4.79 Å². The van der Waals surface area contributed by atoms with E-state index in [1.165, 1.54) is 0 Å². The quantitative estimate of drug-likeness (QED) is 0.401. The van der Waals surface area contributed by atoms with E-state index in [1.807, 2.05) is 26.0 Å². The van der Waals surface area contributed by atoms with E-state index in [0.717, 1.165) is 11.1 Å². The van der Waals surface area contributed by atoms with Gasteiger partial charge in [-0.1, -0.05) is 12.1 Å². The number of carbonyl (C=O) groups excluding carboxylic acids is 2. The molecule has 0 bridgehead atoms. The molecule has 0 radical (unpaired) electrons. The minimum absolute atomic E-state index is 0.0253. The van der Waals surface area contributed by atoms with Gasteiger partial charge in [0.15, 0.2) is 5.78 Å². The number of aryl methyl sites for hydroxylation is 2. The molecule has 13 heavy (non-hydrogen) atoms. The van der Waals surface area contributed by atoms with Crippen LogP contribution in [0.15, 0.2) is 18.2 Å². The maximum Gasteiger partial charge on any atom is 0.169 e. The summed E-state index contributed by atoms with van der Waals surface area (Å²) in [6.07, 6.45) is 0.611. The molecule has 0 amide bonds. The summed E-state index contributed by atoms with van der Waals surface area (Å²) in [5, 5.41) is 0. The minimum Gasteiger partial charge on any atom is -0.303 e. The van der Waals surface area contributed by atoms with E-state index in [4.69, 9.17) is 0 Å². The van der Waals surface area contributed by atoms with Crippen LogP contribution < -0.4 is 0 Å². The summed E-state index contributed by atoms with van der Waals surface area (Å²) in [5.74, 6) is -0.113.